The number of fused-ring (bicyclic) bond motifs is 2. The van der Waals surface area contributed by atoms with E-state index in [-0.39, 0.29) is 41.8 Å². The molecule has 2 fully saturated rings. The molecule has 0 amide bonds. The maximum Gasteiger partial charge on any atom is 0.180 e. The first-order chi connectivity index (χ1) is 9.54. The lowest BCUT2D eigenvalue weighted by atomic mass is 9.98. The van der Waals surface area contributed by atoms with Gasteiger partial charge in [0.2, 0.25) is 0 Å². The Morgan fingerprint density at radius 1 is 1.30 bits per heavy atom. The molecule has 4 nitrogen and oxygen atoms in total. The number of phenolic OH excluding ortho intramolecular Hbond substituents is 1. The minimum Gasteiger partial charge on any atom is -0.507 e. The van der Waals surface area contributed by atoms with Crippen molar-refractivity contribution in [3.8, 4) is 5.75 Å². The number of carbonyl (C=O) groups excluding carboxylic acids is 1. The number of halogens is 1. The van der Waals surface area contributed by atoms with E-state index in [9.17, 15) is 19.4 Å². The van der Waals surface area contributed by atoms with Crippen LogP contribution < -0.4 is 0 Å². The summed E-state index contributed by atoms with van der Waals surface area (Å²) in [4.78, 5) is 14.4. The minimum absolute atomic E-state index is 0.0375. The predicted octanol–water partition coefficient (Wildman–Crippen LogP) is 1.70. The van der Waals surface area contributed by atoms with E-state index < -0.39 is 5.82 Å². The van der Waals surface area contributed by atoms with E-state index in [1.807, 2.05) is 0 Å². The Bertz CT molecular complexity index is 520. The molecule has 2 unspecified atom stereocenters. The van der Waals surface area contributed by atoms with Crippen LogP contribution in [0.4, 0.5) is 4.39 Å². The molecule has 2 aliphatic rings. The number of benzene rings is 1. The smallest absolute Gasteiger partial charge is 0.180 e. The lowest BCUT2D eigenvalue weighted by molar-refractivity contribution is 0.0343. The number of aromatic hydroxyl groups is 1. The molecular formula is C15H18FNO3. The molecule has 2 bridgehead atoms. The molecule has 2 aliphatic heterocycles. The van der Waals surface area contributed by atoms with Gasteiger partial charge in [0.1, 0.15) is 11.6 Å². The van der Waals surface area contributed by atoms with Crippen LogP contribution >= 0.6 is 0 Å². The first-order valence-electron chi connectivity index (χ1n) is 7.00. The first kappa shape index (κ1) is 13.5. The molecule has 108 valence electrons. The zero-order valence-corrected chi connectivity index (χ0v) is 11.1. The Morgan fingerprint density at radius 2 is 1.95 bits per heavy atom. The van der Waals surface area contributed by atoms with Crippen molar-refractivity contribution in [2.75, 3.05) is 6.54 Å². The van der Waals surface area contributed by atoms with Gasteiger partial charge in [0.25, 0.3) is 0 Å². The van der Waals surface area contributed by atoms with Gasteiger partial charge >= 0.3 is 0 Å². The van der Waals surface area contributed by atoms with Crippen LogP contribution in [0.15, 0.2) is 18.2 Å². The van der Waals surface area contributed by atoms with E-state index in [1.54, 1.807) is 0 Å². The highest BCUT2D eigenvalue weighted by Gasteiger charge is 2.40. The molecule has 20 heavy (non-hydrogen) atoms. The highest BCUT2D eigenvalue weighted by atomic mass is 19.1. The van der Waals surface area contributed by atoms with Gasteiger partial charge < -0.3 is 10.2 Å². The summed E-state index contributed by atoms with van der Waals surface area (Å²) in [5, 5.41) is 19.4. The maximum absolute atomic E-state index is 13.2. The Labute approximate surface area is 116 Å². The summed E-state index contributed by atoms with van der Waals surface area (Å²) in [5.74, 6) is -0.973. The molecule has 2 saturated heterocycles. The van der Waals surface area contributed by atoms with Gasteiger partial charge in [-0.25, -0.2) is 4.39 Å². The number of hydrogen-bond donors (Lipinski definition) is 2. The van der Waals surface area contributed by atoms with Crippen molar-refractivity contribution >= 4 is 5.78 Å². The molecule has 2 N–H and O–H groups in total. The van der Waals surface area contributed by atoms with Gasteiger partial charge in [-0.3, -0.25) is 9.69 Å². The largest absolute Gasteiger partial charge is 0.507 e. The number of nitrogens with zero attached hydrogens (tertiary/aromatic N) is 1. The fraction of sp³-hybridized carbons (Fsp3) is 0.533. The lowest BCUT2D eigenvalue weighted by Gasteiger charge is -2.36. The lowest BCUT2D eigenvalue weighted by Crippen LogP contribution is -2.46. The van der Waals surface area contributed by atoms with E-state index in [1.165, 1.54) is 6.07 Å². The molecular weight excluding hydrogens is 261 g/mol. The summed E-state index contributed by atoms with van der Waals surface area (Å²) in [6, 6.07) is 3.87. The zero-order valence-electron chi connectivity index (χ0n) is 11.1. The fourth-order valence-corrected chi connectivity index (χ4v) is 3.49. The van der Waals surface area contributed by atoms with Crippen molar-refractivity contribution in [1.29, 1.82) is 0 Å². The second-order valence-electron chi connectivity index (χ2n) is 5.77. The van der Waals surface area contributed by atoms with Crippen LogP contribution in [0.3, 0.4) is 0 Å². The average Bonchev–Trinajstić information content (AvgIpc) is 2.64. The molecule has 0 aliphatic carbocycles. The first-order valence-corrected chi connectivity index (χ1v) is 7.00. The Morgan fingerprint density at radius 3 is 2.60 bits per heavy atom. The van der Waals surface area contributed by atoms with Crippen molar-refractivity contribution in [1.82, 2.24) is 4.90 Å². The molecule has 1 aromatic rings. The van der Waals surface area contributed by atoms with Gasteiger partial charge in [0.05, 0.1) is 18.2 Å². The van der Waals surface area contributed by atoms with Gasteiger partial charge in [-0.15, -0.1) is 0 Å². The average molecular weight is 279 g/mol. The van der Waals surface area contributed by atoms with Crippen LogP contribution in [0, 0.1) is 5.82 Å². The Balaban J connectivity index is 1.75. The molecule has 2 atom stereocenters. The van der Waals surface area contributed by atoms with Crippen LogP contribution in [0.2, 0.25) is 0 Å². The minimum atomic E-state index is -0.525. The number of rotatable bonds is 3. The standard InChI is InChI=1S/C15H18FNO3/c16-9-1-4-14(19)13(5-9)15(20)8-17-10-2-3-11(17)7-12(18)6-10/h1,4-5,10-12,18-19H,2-3,6-8H2. The van der Waals surface area contributed by atoms with Crippen molar-refractivity contribution in [2.24, 2.45) is 0 Å². The summed E-state index contributed by atoms with van der Waals surface area (Å²) in [7, 11) is 0. The third kappa shape index (κ3) is 2.43. The summed E-state index contributed by atoms with van der Waals surface area (Å²) in [6.07, 6.45) is 3.09. The summed E-state index contributed by atoms with van der Waals surface area (Å²) >= 11 is 0. The van der Waals surface area contributed by atoms with Gasteiger partial charge in [-0.2, -0.15) is 0 Å². The third-order valence-corrected chi connectivity index (χ3v) is 4.44. The molecule has 0 saturated carbocycles. The van der Waals surface area contributed by atoms with Crippen LogP contribution in [0.25, 0.3) is 0 Å². The van der Waals surface area contributed by atoms with E-state index in [0.29, 0.717) is 12.8 Å². The van der Waals surface area contributed by atoms with E-state index in [0.717, 1.165) is 25.0 Å². The van der Waals surface area contributed by atoms with Gasteiger partial charge in [-0.1, -0.05) is 0 Å². The van der Waals surface area contributed by atoms with Gasteiger partial charge in [0.15, 0.2) is 5.78 Å². The third-order valence-electron chi connectivity index (χ3n) is 4.44. The van der Waals surface area contributed by atoms with Crippen molar-refractivity contribution in [3.05, 3.63) is 29.6 Å². The summed E-state index contributed by atoms with van der Waals surface area (Å²) in [6.45, 7) is 0.180. The molecule has 5 heteroatoms. The normalized spacial score (nSPS) is 29.6. The Hall–Kier alpha value is -1.46. The summed E-state index contributed by atoms with van der Waals surface area (Å²) in [5.41, 5.74) is 0.0375. The number of carbonyl (C=O) groups is 1. The van der Waals surface area contributed by atoms with Gasteiger partial charge in [0, 0.05) is 12.1 Å². The second kappa shape index (κ2) is 5.14. The van der Waals surface area contributed by atoms with Crippen molar-refractivity contribution in [2.45, 2.75) is 43.9 Å². The second-order valence-corrected chi connectivity index (χ2v) is 5.77. The number of phenols is 1. The maximum atomic E-state index is 13.2. The van der Waals surface area contributed by atoms with Crippen molar-refractivity contribution in [3.63, 3.8) is 0 Å². The molecule has 0 radical (unpaired) electrons. The van der Waals surface area contributed by atoms with Crippen LogP contribution in [-0.4, -0.2) is 45.6 Å². The van der Waals surface area contributed by atoms with Crippen LogP contribution in [0.1, 0.15) is 36.0 Å². The predicted molar refractivity (Wildman–Crippen MR) is 71.2 cm³/mol. The molecule has 1 aromatic carbocycles. The number of aliphatic hydroxyl groups excluding tert-OH is 1. The highest BCUT2D eigenvalue weighted by molar-refractivity contribution is 6.00. The van der Waals surface area contributed by atoms with Crippen molar-refractivity contribution < 1.29 is 19.4 Å². The van der Waals surface area contributed by atoms with E-state index in [2.05, 4.69) is 4.90 Å². The van der Waals surface area contributed by atoms with E-state index >= 15 is 0 Å². The monoisotopic (exact) mass is 279 g/mol. The SMILES string of the molecule is O=C(CN1C2CCC1CC(O)C2)c1cc(F)ccc1O. The topological polar surface area (TPSA) is 60.8 Å². The Kier molecular flexibility index (Phi) is 3.48. The number of hydrogen-bond acceptors (Lipinski definition) is 4. The van der Waals surface area contributed by atoms with Gasteiger partial charge in [-0.05, 0) is 43.9 Å². The highest BCUT2D eigenvalue weighted by Crippen LogP contribution is 2.35. The summed E-state index contributed by atoms with van der Waals surface area (Å²) < 4.78 is 13.2. The number of aliphatic hydroxyl groups is 1. The fourth-order valence-electron chi connectivity index (χ4n) is 3.49. The van der Waals surface area contributed by atoms with Crippen LogP contribution in [0.5, 0.6) is 5.75 Å². The van der Waals surface area contributed by atoms with Crippen LogP contribution in [-0.2, 0) is 0 Å². The molecule has 2 heterocycles. The quantitative estimate of drug-likeness (QED) is 0.827. The molecule has 3 rings (SSSR count). The molecule has 0 aromatic heterocycles. The number of ketones is 1. The molecule has 0 spiro atoms. The number of Topliss-reactive ketones (excluding diaryl/α,β-unsaturated/α-hetero) is 1. The zero-order chi connectivity index (χ0) is 14.3. The van der Waals surface area contributed by atoms with E-state index in [4.69, 9.17) is 0 Å². The number of piperidine rings is 1.